The normalized spacial score (nSPS) is 17.7. The van der Waals surface area contributed by atoms with Crippen molar-refractivity contribution >= 4 is 20.1 Å². The minimum atomic E-state index is -0.927. The minimum absolute atomic E-state index is 0.546. The van der Waals surface area contributed by atoms with Gasteiger partial charge < -0.3 is 9.21 Å². The molecule has 4 heteroatoms. The molecule has 0 aromatic rings. The molecule has 0 rings (SSSR count). The summed E-state index contributed by atoms with van der Waals surface area (Å²) < 4.78 is 13.5. The topological polar surface area (TPSA) is 29.5 Å². The van der Waals surface area contributed by atoms with Crippen LogP contribution in [0.5, 0.6) is 0 Å². The maximum absolute atomic E-state index is 8.85. The van der Waals surface area contributed by atoms with Gasteiger partial charge in [0.15, 0.2) is 4.93 Å². The Morgan fingerprint density at radius 3 is 2.00 bits per heavy atom. The van der Waals surface area contributed by atoms with Crippen LogP contribution in [0.1, 0.15) is 13.8 Å². The van der Waals surface area contributed by atoms with Crippen LogP contribution in [0.15, 0.2) is 24.3 Å². The van der Waals surface area contributed by atoms with Crippen molar-refractivity contribution in [3.63, 3.8) is 0 Å². The predicted molar refractivity (Wildman–Crippen MR) is 49.4 cm³/mol. The van der Waals surface area contributed by atoms with Crippen molar-refractivity contribution in [3.8, 4) is 0 Å². The van der Waals surface area contributed by atoms with E-state index >= 15 is 0 Å². The van der Waals surface area contributed by atoms with Crippen molar-refractivity contribution < 1.29 is 9.21 Å². The van der Waals surface area contributed by atoms with Gasteiger partial charge in [0, 0.05) is 12.0 Å². The van der Waals surface area contributed by atoms with E-state index in [1.807, 2.05) is 13.8 Å². The van der Waals surface area contributed by atoms with Crippen LogP contribution < -0.4 is 0 Å². The van der Waals surface area contributed by atoms with Gasteiger partial charge in [-0.3, -0.25) is 0 Å². The van der Waals surface area contributed by atoms with Crippen LogP contribution in [-0.2, 0) is 4.65 Å². The van der Waals surface area contributed by atoms with Crippen LogP contribution in [0.3, 0.4) is 0 Å². The fourth-order valence-corrected chi connectivity index (χ4v) is 1.12. The summed E-state index contributed by atoms with van der Waals surface area (Å²) in [6.07, 6.45) is 6.85. The Bertz CT molecular complexity index is 139. The average Bonchev–Trinajstić information content (AvgIpc) is 2.04. The molecule has 0 spiro atoms. The Morgan fingerprint density at radius 2 is 1.82 bits per heavy atom. The zero-order chi connectivity index (χ0) is 8.74. The highest BCUT2D eigenvalue weighted by atomic mass is 32.2. The van der Waals surface area contributed by atoms with Gasteiger partial charge >= 0.3 is 0 Å². The molecule has 0 aromatic carbocycles. The van der Waals surface area contributed by atoms with Crippen LogP contribution >= 0.6 is 12.0 Å². The van der Waals surface area contributed by atoms with Crippen LogP contribution in [-0.4, -0.2) is 17.5 Å². The number of allylic oxidation sites excluding steroid dienone is 2. The standard InChI is InChI=1S/C7H11BO2S/c1-3-5-7(10-8,11-9)6-4-2/h3-6,9H,1-2H3. The molecule has 0 heterocycles. The summed E-state index contributed by atoms with van der Waals surface area (Å²) in [5.74, 6) is 0. The third kappa shape index (κ3) is 3.14. The lowest BCUT2D eigenvalue weighted by Gasteiger charge is -2.21. The molecule has 0 saturated heterocycles. The third-order valence-electron chi connectivity index (χ3n) is 1.12. The highest BCUT2D eigenvalue weighted by molar-refractivity contribution is 7.95. The van der Waals surface area contributed by atoms with Crippen molar-refractivity contribution in [2.45, 2.75) is 18.8 Å². The van der Waals surface area contributed by atoms with E-state index in [0.717, 1.165) is 0 Å². The Hall–Kier alpha value is -0.185. The largest absolute Gasteiger partial charge is 0.427 e. The van der Waals surface area contributed by atoms with Gasteiger partial charge in [-0.25, -0.2) is 0 Å². The maximum atomic E-state index is 8.85. The van der Waals surface area contributed by atoms with Crippen molar-refractivity contribution in [2.24, 2.45) is 0 Å². The molecule has 0 amide bonds. The summed E-state index contributed by atoms with van der Waals surface area (Å²) in [4.78, 5) is -0.927. The zero-order valence-corrected chi connectivity index (χ0v) is 7.47. The molecule has 60 valence electrons. The Kier molecular flexibility index (Phi) is 5.37. The Morgan fingerprint density at radius 1 is 1.36 bits per heavy atom. The van der Waals surface area contributed by atoms with Gasteiger partial charge in [-0.2, -0.15) is 0 Å². The van der Waals surface area contributed by atoms with E-state index in [1.165, 1.54) is 0 Å². The van der Waals surface area contributed by atoms with Gasteiger partial charge in [0.25, 0.3) is 8.05 Å². The summed E-state index contributed by atoms with van der Waals surface area (Å²) in [5.41, 5.74) is 0. The molecule has 0 bridgehead atoms. The smallest absolute Gasteiger partial charge is 0.285 e. The van der Waals surface area contributed by atoms with Crippen molar-refractivity contribution in [2.75, 3.05) is 0 Å². The van der Waals surface area contributed by atoms with Crippen molar-refractivity contribution in [1.82, 2.24) is 0 Å². The SMILES string of the molecule is [B]OC(C=CC)(C=CC)SO. The van der Waals surface area contributed by atoms with Crippen molar-refractivity contribution in [3.05, 3.63) is 24.3 Å². The molecular weight excluding hydrogens is 159 g/mol. The highest BCUT2D eigenvalue weighted by Gasteiger charge is 2.21. The lowest BCUT2D eigenvalue weighted by atomic mass is 10.2. The number of hydrogen-bond donors (Lipinski definition) is 1. The predicted octanol–water partition coefficient (Wildman–Crippen LogP) is 2.14. The number of hydrogen-bond acceptors (Lipinski definition) is 3. The Balaban J connectivity index is 4.45. The van der Waals surface area contributed by atoms with Crippen molar-refractivity contribution in [1.29, 1.82) is 0 Å². The van der Waals surface area contributed by atoms with E-state index < -0.39 is 4.93 Å². The molecule has 1 N–H and O–H groups in total. The second-order valence-electron chi connectivity index (χ2n) is 1.93. The van der Waals surface area contributed by atoms with E-state index in [-0.39, 0.29) is 0 Å². The maximum Gasteiger partial charge on any atom is 0.285 e. The van der Waals surface area contributed by atoms with E-state index in [0.29, 0.717) is 12.0 Å². The molecule has 11 heavy (non-hydrogen) atoms. The first kappa shape index (κ1) is 10.8. The van der Waals surface area contributed by atoms with Crippen LogP contribution in [0, 0.1) is 0 Å². The molecule has 0 aliphatic carbocycles. The van der Waals surface area contributed by atoms with Gasteiger partial charge in [-0.05, 0) is 26.0 Å². The fourth-order valence-electron chi connectivity index (χ4n) is 0.681. The molecule has 2 radical (unpaired) electrons. The van der Waals surface area contributed by atoms with E-state index in [1.54, 1.807) is 24.3 Å². The molecule has 0 aliphatic rings. The van der Waals surface area contributed by atoms with Gasteiger partial charge in [-0.15, -0.1) is 0 Å². The van der Waals surface area contributed by atoms with Crippen LogP contribution in [0.2, 0.25) is 0 Å². The quantitative estimate of drug-likeness (QED) is 0.303. The zero-order valence-electron chi connectivity index (χ0n) is 6.65. The molecule has 0 aromatic heterocycles. The minimum Gasteiger partial charge on any atom is -0.427 e. The first-order chi connectivity index (χ1) is 5.24. The summed E-state index contributed by atoms with van der Waals surface area (Å²) in [6, 6.07) is 0. The fraction of sp³-hybridized carbons (Fsp3) is 0.429. The molecule has 2 nitrogen and oxygen atoms in total. The molecule has 0 atom stereocenters. The van der Waals surface area contributed by atoms with Crippen LogP contribution in [0.4, 0.5) is 0 Å². The second kappa shape index (κ2) is 5.46. The summed E-state index contributed by atoms with van der Waals surface area (Å²) in [5, 5.41) is 0. The molecule has 0 aliphatic heterocycles. The molecule has 0 unspecified atom stereocenters. The van der Waals surface area contributed by atoms with E-state index in [9.17, 15) is 0 Å². The van der Waals surface area contributed by atoms with Gasteiger partial charge in [-0.1, -0.05) is 12.2 Å². The lowest BCUT2D eigenvalue weighted by Crippen LogP contribution is -2.21. The monoisotopic (exact) mass is 170 g/mol. The second-order valence-corrected chi connectivity index (χ2v) is 2.75. The number of rotatable bonds is 4. The average molecular weight is 170 g/mol. The van der Waals surface area contributed by atoms with E-state index in [4.69, 9.17) is 12.6 Å². The molecular formula is C7H11BO2S. The summed E-state index contributed by atoms with van der Waals surface area (Å²) in [6.45, 7) is 3.65. The summed E-state index contributed by atoms with van der Waals surface area (Å²) >= 11 is 0.546. The van der Waals surface area contributed by atoms with Gasteiger partial charge in [0.1, 0.15) is 0 Å². The van der Waals surface area contributed by atoms with Crippen LogP contribution in [0.25, 0.3) is 0 Å². The van der Waals surface area contributed by atoms with Gasteiger partial charge in [0.2, 0.25) is 0 Å². The third-order valence-corrected chi connectivity index (χ3v) is 1.78. The first-order valence-electron chi connectivity index (χ1n) is 3.23. The molecule has 0 fully saturated rings. The van der Waals surface area contributed by atoms with E-state index in [2.05, 4.69) is 4.65 Å². The first-order valence-corrected chi connectivity index (χ1v) is 4.00. The summed E-state index contributed by atoms with van der Waals surface area (Å²) in [7, 11) is 5.01. The van der Waals surface area contributed by atoms with Gasteiger partial charge in [0.05, 0.1) is 0 Å². The highest BCUT2D eigenvalue weighted by Crippen LogP contribution is 2.26. The molecule has 0 saturated carbocycles. The lowest BCUT2D eigenvalue weighted by molar-refractivity contribution is 0.282. The Labute approximate surface area is 73.0 Å².